The summed E-state index contributed by atoms with van der Waals surface area (Å²) in [6.45, 7) is 4.61. The maximum absolute atomic E-state index is 13.3. The number of hydrogen-bond donors (Lipinski definition) is 3. The zero-order chi connectivity index (χ0) is 31.8. The molecule has 1 saturated carbocycles. The molecule has 2 amide bonds. The maximum atomic E-state index is 13.3. The molecule has 44 heavy (non-hydrogen) atoms. The molecule has 0 spiro atoms. The minimum atomic E-state index is -4.62. The fourth-order valence-electron chi connectivity index (χ4n) is 5.70. The van der Waals surface area contributed by atoms with E-state index in [1.54, 1.807) is 24.9 Å². The number of anilines is 3. The molecule has 0 bridgehead atoms. The molecular weight excluding hydrogens is 624 g/mol. The highest BCUT2D eigenvalue weighted by Gasteiger charge is 2.33. The third kappa shape index (κ3) is 7.06. The molecule has 4 N–H and O–H groups in total. The van der Waals surface area contributed by atoms with E-state index in [1.165, 1.54) is 0 Å². The summed E-state index contributed by atoms with van der Waals surface area (Å²) >= 11 is 12.5. The summed E-state index contributed by atoms with van der Waals surface area (Å²) in [6, 6.07) is 1.31. The van der Waals surface area contributed by atoms with Gasteiger partial charge in [-0.1, -0.05) is 23.2 Å². The summed E-state index contributed by atoms with van der Waals surface area (Å²) in [5, 5.41) is 5.88. The van der Waals surface area contributed by atoms with Crippen LogP contribution in [0.5, 0.6) is 0 Å². The van der Waals surface area contributed by atoms with E-state index in [2.05, 4.69) is 20.6 Å². The molecule has 2 fully saturated rings. The van der Waals surface area contributed by atoms with Gasteiger partial charge in [0.25, 0.3) is 0 Å². The van der Waals surface area contributed by atoms with Gasteiger partial charge in [0, 0.05) is 31.1 Å². The van der Waals surface area contributed by atoms with Crippen molar-refractivity contribution in [3.63, 3.8) is 0 Å². The predicted octanol–water partition coefficient (Wildman–Crippen LogP) is 6.53. The van der Waals surface area contributed by atoms with Gasteiger partial charge in [-0.25, -0.2) is 14.8 Å². The minimum Gasteiger partial charge on any atom is -0.447 e. The summed E-state index contributed by atoms with van der Waals surface area (Å²) in [7, 11) is 0. The van der Waals surface area contributed by atoms with E-state index >= 15 is 0 Å². The number of benzene rings is 1. The van der Waals surface area contributed by atoms with E-state index in [0.717, 1.165) is 25.0 Å². The molecule has 0 radical (unpaired) electrons. The van der Waals surface area contributed by atoms with E-state index < -0.39 is 11.7 Å². The second-order valence-electron chi connectivity index (χ2n) is 11.4. The van der Waals surface area contributed by atoms with Gasteiger partial charge in [0.05, 0.1) is 33.6 Å². The van der Waals surface area contributed by atoms with Gasteiger partial charge in [0.15, 0.2) is 5.65 Å². The standard InChI is InChI=1S/C28H33Cl2F3N8O3/c1-14(2)44-27(43)40-9-3-4-17(13-40)36-25-35-12-21-24(39-25)41(18-7-5-15(6-8-18)23(34)42)26(37-21)38-22-19(29)10-16(11-20(22)30)28(31,32)33/h10-12,14-15,17-18H,3-9,13H2,1-2H3,(H2,34,42)(H,37,38)(H,35,36,39). The first-order chi connectivity index (χ1) is 20.8. The average Bonchev–Trinajstić information content (AvgIpc) is 3.31. The third-order valence-electron chi connectivity index (χ3n) is 7.85. The van der Waals surface area contributed by atoms with Gasteiger partial charge < -0.3 is 26.0 Å². The lowest BCUT2D eigenvalue weighted by molar-refractivity contribution is -0.137. The number of alkyl halides is 3. The quantitative estimate of drug-likeness (QED) is 0.261. The fraction of sp³-hybridized carbons (Fsp3) is 0.536. The summed E-state index contributed by atoms with van der Waals surface area (Å²) < 4.78 is 47.2. The van der Waals surface area contributed by atoms with Crippen LogP contribution in [-0.2, 0) is 15.7 Å². The molecule has 1 aliphatic carbocycles. The molecule has 3 heterocycles. The van der Waals surface area contributed by atoms with Crippen molar-refractivity contribution in [1.82, 2.24) is 24.4 Å². The molecule has 1 saturated heterocycles. The van der Waals surface area contributed by atoms with Crippen LogP contribution in [0.1, 0.15) is 64.0 Å². The average molecular weight is 658 g/mol. The fourth-order valence-corrected chi connectivity index (χ4v) is 6.28. The zero-order valence-corrected chi connectivity index (χ0v) is 25.6. The highest BCUT2D eigenvalue weighted by Crippen LogP contribution is 2.42. The molecule has 1 unspecified atom stereocenters. The molecule has 238 valence electrons. The van der Waals surface area contributed by atoms with Gasteiger partial charge in [-0.2, -0.15) is 18.2 Å². The lowest BCUT2D eigenvalue weighted by Gasteiger charge is -2.33. The SMILES string of the molecule is CC(C)OC(=O)N1CCCC(Nc2ncc3nc(Nc4c(Cl)cc(C(F)(F)F)cc4Cl)n(C4CCC(C(N)=O)CC4)c3n2)C1. The Hall–Kier alpha value is -3.52. The molecule has 3 aromatic rings. The van der Waals surface area contributed by atoms with Crippen LogP contribution in [0.4, 0.5) is 35.5 Å². The van der Waals surface area contributed by atoms with Crippen molar-refractivity contribution in [2.24, 2.45) is 11.7 Å². The Balaban J connectivity index is 1.46. The number of imidazole rings is 1. The van der Waals surface area contributed by atoms with Crippen molar-refractivity contribution >= 4 is 64.0 Å². The number of amides is 2. The van der Waals surface area contributed by atoms with E-state index in [9.17, 15) is 22.8 Å². The summed E-state index contributed by atoms with van der Waals surface area (Å²) in [6.07, 6.45) is 0.181. The molecule has 11 nitrogen and oxygen atoms in total. The molecule has 1 atom stereocenters. The summed E-state index contributed by atoms with van der Waals surface area (Å²) in [5.41, 5.74) is 5.54. The second-order valence-corrected chi connectivity index (χ2v) is 12.2. The number of aromatic nitrogens is 4. The van der Waals surface area contributed by atoms with Crippen LogP contribution >= 0.6 is 23.2 Å². The monoisotopic (exact) mass is 656 g/mol. The number of fused-ring (bicyclic) bond motifs is 1. The Morgan fingerprint density at radius 3 is 2.39 bits per heavy atom. The maximum Gasteiger partial charge on any atom is 0.416 e. The lowest BCUT2D eigenvalue weighted by atomic mass is 9.85. The largest absolute Gasteiger partial charge is 0.447 e. The van der Waals surface area contributed by atoms with Crippen LogP contribution in [0.25, 0.3) is 11.2 Å². The summed E-state index contributed by atoms with van der Waals surface area (Å²) in [5.74, 6) is -0.0172. The Bertz CT molecular complexity index is 1520. The van der Waals surface area contributed by atoms with Crippen LogP contribution in [0.3, 0.4) is 0 Å². The van der Waals surface area contributed by atoms with E-state index in [-0.39, 0.29) is 57.8 Å². The highest BCUT2D eigenvalue weighted by atomic mass is 35.5. The number of hydrogen-bond acceptors (Lipinski definition) is 8. The number of carbonyl (C=O) groups is 2. The zero-order valence-electron chi connectivity index (χ0n) is 24.1. The normalized spacial score (nSPS) is 21.0. The van der Waals surface area contributed by atoms with E-state index in [1.807, 2.05) is 4.57 Å². The first-order valence-electron chi connectivity index (χ1n) is 14.4. The Morgan fingerprint density at radius 2 is 1.77 bits per heavy atom. The Morgan fingerprint density at radius 1 is 1.09 bits per heavy atom. The Labute approximate surface area is 261 Å². The molecule has 5 rings (SSSR count). The van der Waals surface area contributed by atoms with Crippen molar-refractivity contribution in [1.29, 1.82) is 0 Å². The van der Waals surface area contributed by atoms with Crippen molar-refractivity contribution < 1.29 is 27.5 Å². The summed E-state index contributed by atoms with van der Waals surface area (Å²) in [4.78, 5) is 39.8. The van der Waals surface area contributed by atoms with Gasteiger partial charge in [-0.3, -0.25) is 9.36 Å². The van der Waals surface area contributed by atoms with Gasteiger partial charge in [-0.05, 0) is 64.5 Å². The Kier molecular flexibility index (Phi) is 9.30. The van der Waals surface area contributed by atoms with Crippen LogP contribution in [0.15, 0.2) is 18.3 Å². The number of carbonyl (C=O) groups excluding carboxylic acids is 2. The number of nitrogens with zero attached hydrogens (tertiary/aromatic N) is 5. The molecule has 2 aromatic heterocycles. The number of nitrogens with two attached hydrogens (primary N) is 1. The molecule has 1 aliphatic heterocycles. The van der Waals surface area contributed by atoms with Crippen LogP contribution < -0.4 is 16.4 Å². The van der Waals surface area contributed by atoms with Crippen LogP contribution in [0, 0.1) is 5.92 Å². The number of nitrogens with one attached hydrogen (secondary N) is 2. The van der Waals surface area contributed by atoms with Gasteiger partial charge in [0.1, 0.15) is 5.52 Å². The first-order valence-corrected chi connectivity index (χ1v) is 15.2. The van der Waals surface area contributed by atoms with Crippen LogP contribution in [0.2, 0.25) is 10.0 Å². The second kappa shape index (κ2) is 12.8. The number of rotatable bonds is 7. The number of piperidine rings is 1. The van der Waals surface area contributed by atoms with Crippen molar-refractivity contribution in [2.45, 2.75) is 76.7 Å². The van der Waals surface area contributed by atoms with Crippen molar-refractivity contribution in [3.8, 4) is 0 Å². The van der Waals surface area contributed by atoms with Gasteiger partial charge >= 0.3 is 12.3 Å². The third-order valence-corrected chi connectivity index (χ3v) is 8.45. The van der Waals surface area contributed by atoms with Crippen molar-refractivity contribution in [2.75, 3.05) is 23.7 Å². The van der Waals surface area contributed by atoms with E-state index in [0.29, 0.717) is 55.9 Å². The number of ether oxygens (including phenoxy) is 1. The molecular formula is C28H33Cl2F3N8O3. The number of likely N-dealkylation sites (tertiary alicyclic amines) is 1. The number of primary amides is 1. The lowest BCUT2D eigenvalue weighted by Crippen LogP contribution is -2.46. The predicted molar refractivity (Wildman–Crippen MR) is 160 cm³/mol. The highest BCUT2D eigenvalue weighted by molar-refractivity contribution is 6.39. The topological polar surface area (TPSA) is 140 Å². The smallest absolute Gasteiger partial charge is 0.416 e. The van der Waals surface area contributed by atoms with Gasteiger partial charge in [0.2, 0.25) is 17.8 Å². The number of halogens is 5. The first kappa shape index (κ1) is 31.9. The van der Waals surface area contributed by atoms with Gasteiger partial charge in [-0.15, -0.1) is 0 Å². The van der Waals surface area contributed by atoms with Crippen LogP contribution in [-0.4, -0.2) is 61.7 Å². The molecule has 16 heteroatoms. The molecule has 2 aliphatic rings. The minimum absolute atomic E-state index is 0.0607. The van der Waals surface area contributed by atoms with Crippen molar-refractivity contribution in [3.05, 3.63) is 33.9 Å². The van der Waals surface area contributed by atoms with E-state index in [4.69, 9.17) is 38.7 Å². The molecule has 1 aromatic carbocycles.